The Labute approximate surface area is 123 Å². The van der Waals surface area contributed by atoms with Crippen molar-refractivity contribution < 1.29 is 13.9 Å². The highest BCUT2D eigenvalue weighted by molar-refractivity contribution is 5.77. The van der Waals surface area contributed by atoms with Gasteiger partial charge < -0.3 is 13.9 Å². The van der Waals surface area contributed by atoms with Crippen molar-refractivity contribution in [2.75, 3.05) is 13.7 Å². The van der Waals surface area contributed by atoms with Gasteiger partial charge in [-0.05, 0) is 42.8 Å². The summed E-state index contributed by atoms with van der Waals surface area (Å²) in [5.74, 6) is 2.21. The second kappa shape index (κ2) is 5.87. The van der Waals surface area contributed by atoms with Crippen LogP contribution in [0, 0.1) is 0 Å². The average Bonchev–Trinajstić information content (AvgIpc) is 2.96. The zero-order valence-corrected chi connectivity index (χ0v) is 12.1. The van der Waals surface area contributed by atoms with E-state index in [4.69, 9.17) is 13.9 Å². The molecule has 3 aromatic rings. The van der Waals surface area contributed by atoms with Crippen LogP contribution in [0.2, 0.25) is 0 Å². The largest absolute Gasteiger partial charge is 0.497 e. The van der Waals surface area contributed by atoms with E-state index < -0.39 is 0 Å². The molecular formula is C17H17NO3. The molecule has 3 rings (SSSR count). The summed E-state index contributed by atoms with van der Waals surface area (Å²) in [6.07, 6.45) is 0.995. The lowest BCUT2D eigenvalue weighted by molar-refractivity contribution is 0.317. The molecule has 2 aromatic carbocycles. The fourth-order valence-corrected chi connectivity index (χ4v) is 2.07. The van der Waals surface area contributed by atoms with Gasteiger partial charge in [-0.25, -0.2) is 4.98 Å². The monoisotopic (exact) mass is 283 g/mol. The lowest BCUT2D eigenvalue weighted by Gasteiger charge is -2.04. The Kier molecular flexibility index (Phi) is 3.77. The number of oxazole rings is 1. The molecule has 0 unspecified atom stereocenters. The highest BCUT2D eigenvalue weighted by atomic mass is 16.5. The van der Waals surface area contributed by atoms with Crippen LogP contribution in [-0.2, 0) is 0 Å². The Morgan fingerprint density at radius 2 is 1.81 bits per heavy atom. The molecule has 0 aliphatic rings. The molecule has 0 radical (unpaired) electrons. The predicted molar refractivity (Wildman–Crippen MR) is 81.8 cm³/mol. The van der Waals surface area contributed by atoms with Crippen molar-refractivity contribution in [3.8, 4) is 23.0 Å². The third-order valence-electron chi connectivity index (χ3n) is 3.17. The summed E-state index contributed by atoms with van der Waals surface area (Å²) in [5.41, 5.74) is 2.46. The van der Waals surface area contributed by atoms with Crippen LogP contribution in [-0.4, -0.2) is 18.7 Å². The maximum atomic E-state index is 5.79. The smallest absolute Gasteiger partial charge is 0.227 e. The third kappa shape index (κ3) is 2.84. The fraction of sp³-hybridized carbons (Fsp3) is 0.235. The summed E-state index contributed by atoms with van der Waals surface area (Å²) in [5, 5.41) is 0. The highest BCUT2D eigenvalue weighted by Crippen LogP contribution is 2.28. The lowest BCUT2D eigenvalue weighted by atomic mass is 10.2. The van der Waals surface area contributed by atoms with Crippen molar-refractivity contribution >= 4 is 11.1 Å². The Balaban J connectivity index is 1.89. The number of methoxy groups -OCH3 is 1. The number of benzene rings is 2. The van der Waals surface area contributed by atoms with Crippen LogP contribution in [0.1, 0.15) is 13.3 Å². The van der Waals surface area contributed by atoms with Crippen LogP contribution in [0.4, 0.5) is 0 Å². The van der Waals surface area contributed by atoms with Crippen molar-refractivity contribution in [3.63, 3.8) is 0 Å². The zero-order valence-electron chi connectivity index (χ0n) is 12.1. The number of rotatable bonds is 5. The molecule has 4 nitrogen and oxygen atoms in total. The molecule has 1 heterocycles. The Morgan fingerprint density at radius 1 is 1.05 bits per heavy atom. The van der Waals surface area contributed by atoms with Crippen molar-refractivity contribution in [2.24, 2.45) is 0 Å². The van der Waals surface area contributed by atoms with E-state index in [1.54, 1.807) is 7.11 Å². The minimum absolute atomic E-state index is 0.597. The standard InChI is InChI=1S/C17H17NO3/c1-3-10-20-13-6-4-12(5-7-13)17-18-15-9-8-14(19-2)11-16(15)21-17/h4-9,11H,3,10H2,1-2H3. The van der Waals surface area contributed by atoms with Crippen LogP contribution in [0.15, 0.2) is 46.9 Å². The number of ether oxygens (including phenoxy) is 2. The Bertz CT molecular complexity index is 731. The van der Waals surface area contributed by atoms with E-state index >= 15 is 0 Å². The molecule has 4 heteroatoms. The molecule has 0 N–H and O–H groups in total. The quantitative estimate of drug-likeness (QED) is 0.700. The van der Waals surface area contributed by atoms with Gasteiger partial charge in [0.25, 0.3) is 0 Å². The average molecular weight is 283 g/mol. The van der Waals surface area contributed by atoms with Crippen molar-refractivity contribution in [3.05, 3.63) is 42.5 Å². The van der Waals surface area contributed by atoms with Gasteiger partial charge in [0, 0.05) is 11.6 Å². The van der Waals surface area contributed by atoms with Gasteiger partial charge in [0.05, 0.1) is 13.7 Å². The summed E-state index contributed by atoms with van der Waals surface area (Å²) < 4.78 is 16.5. The summed E-state index contributed by atoms with van der Waals surface area (Å²) in [7, 11) is 1.63. The van der Waals surface area contributed by atoms with E-state index in [1.807, 2.05) is 42.5 Å². The minimum Gasteiger partial charge on any atom is -0.497 e. The van der Waals surface area contributed by atoms with Gasteiger partial charge in [0.2, 0.25) is 5.89 Å². The van der Waals surface area contributed by atoms with E-state index in [0.717, 1.165) is 41.2 Å². The Morgan fingerprint density at radius 3 is 2.52 bits per heavy atom. The molecule has 0 bridgehead atoms. The molecule has 0 aliphatic heterocycles. The molecule has 0 fully saturated rings. The molecular weight excluding hydrogens is 266 g/mol. The normalized spacial score (nSPS) is 10.8. The number of nitrogens with zero attached hydrogens (tertiary/aromatic N) is 1. The van der Waals surface area contributed by atoms with Gasteiger partial charge in [-0.15, -0.1) is 0 Å². The van der Waals surface area contributed by atoms with Gasteiger partial charge >= 0.3 is 0 Å². The maximum absolute atomic E-state index is 5.79. The molecule has 0 atom stereocenters. The van der Waals surface area contributed by atoms with Gasteiger partial charge in [-0.1, -0.05) is 6.92 Å². The van der Waals surface area contributed by atoms with Crippen molar-refractivity contribution in [2.45, 2.75) is 13.3 Å². The van der Waals surface area contributed by atoms with Gasteiger partial charge in [0.15, 0.2) is 5.58 Å². The van der Waals surface area contributed by atoms with Gasteiger partial charge in [-0.2, -0.15) is 0 Å². The molecule has 0 aliphatic carbocycles. The lowest BCUT2D eigenvalue weighted by Crippen LogP contribution is -1.94. The fourth-order valence-electron chi connectivity index (χ4n) is 2.07. The van der Waals surface area contributed by atoms with E-state index in [0.29, 0.717) is 5.89 Å². The first-order valence-corrected chi connectivity index (χ1v) is 6.98. The van der Waals surface area contributed by atoms with E-state index in [2.05, 4.69) is 11.9 Å². The van der Waals surface area contributed by atoms with E-state index in [1.165, 1.54) is 0 Å². The van der Waals surface area contributed by atoms with E-state index in [9.17, 15) is 0 Å². The first-order chi connectivity index (χ1) is 10.3. The number of aromatic nitrogens is 1. The summed E-state index contributed by atoms with van der Waals surface area (Å²) in [6.45, 7) is 2.81. The third-order valence-corrected chi connectivity index (χ3v) is 3.17. The van der Waals surface area contributed by atoms with Crippen LogP contribution >= 0.6 is 0 Å². The van der Waals surface area contributed by atoms with E-state index in [-0.39, 0.29) is 0 Å². The minimum atomic E-state index is 0.597. The van der Waals surface area contributed by atoms with Crippen molar-refractivity contribution in [1.82, 2.24) is 4.98 Å². The van der Waals surface area contributed by atoms with Crippen LogP contribution in [0.25, 0.3) is 22.6 Å². The number of fused-ring (bicyclic) bond motifs is 1. The first kappa shape index (κ1) is 13.5. The maximum Gasteiger partial charge on any atom is 0.227 e. The zero-order chi connectivity index (χ0) is 14.7. The molecule has 1 aromatic heterocycles. The Hall–Kier alpha value is -2.49. The molecule has 0 saturated carbocycles. The number of hydrogen-bond acceptors (Lipinski definition) is 4. The summed E-state index contributed by atoms with van der Waals surface area (Å²) >= 11 is 0. The second-order valence-electron chi connectivity index (χ2n) is 4.73. The predicted octanol–water partition coefficient (Wildman–Crippen LogP) is 4.29. The summed E-state index contributed by atoms with van der Waals surface area (Å²) in [4.78, 5) is 4.49. The topological polar surface area (TPSA) is 44.5 Å². The first-order valence-electron chi connectivity index (χ1n) is 6.98. The molecule has 108 valence electrons. The van der Waals surface area contributed by atoms with Gasteiger partial charge in [0.1, 0.15) is 17.0 Å². The molecule has 0 amide bonds. The SMILES string of the molecule is CCCOc1ccc(-c2nc3ccc(OC)cc3o2)cc1. The highest BCUT2D eigenvalue weighted by Gasteiger charge is 2.09. The van der Waals surface area contributed by atoms with Gasteiger partial charge in [-0.3, -0.25) is 0 Å². The summed E-state index contributed by atoms with van der Waals surface area (Å²) in [6, 6.07) is 13.4. The van der Waals surface area contributed by atoms with Crippen LogP contribution in [0.3, 0.4) is 0 Å². The van der Waals surface area contributed by atoms with Crippen molar-refractivity contribution in [1.29, 1.82) is 0 Å². The number of hydrogen-bond donors (Lipinski definition) is 0. The molecule has 0 spiro atoms. The van der Waals surface area contributed by atoms with Crippen LogP contribution < -0.4 is 9.47 Å². The van der Waals surface area contributed by atoms with Crippen LogP contribution in [0.5, 0.6) is 11.5 Å². The molecule has 0 saturated heterocycles. The molecule has 21 heavy (non-hydrogen) atoms. The second-order valence-corrected chi connectivity index (χ2v) is 4.73.